The number of rotatable bonds is 24. The smallest absolute Gasteiger partial charge is 0.335 e. The number of aliphatic imine (C=N–C) groups is 5. The molecule has 33 heteroatoms. The molecule has 0 aromatic heterocycles. The molecule has 10 aliphatic heterocycles. The lowest BCUT2D eigenvalue weighted by atomic mass is 10.0. The average Bonchev–Trinajstić information content (AvgIpc) is 0.904. The van der Waals surface area contributed by atoms with E-state index >= 15 is 0 Å². The lowest BCUT2D eigenvalue weighted by Gasteiger charge is -2.22. The molecule has 17 rings (SSSR count). The van der Waals surface area contributed by atoms with Gasteiger partial charge in [-0.15, -0.1) is 0 Å². The maximum Gasteiger partial charge on any atom is 0.335 e. The monoisotopic (exact) mass is 1930 g/mol. The molecule has 0 unspecified atom stereocenters. The number of unbranched alkanes of at least 4 members (excludes halogenated alkanes) is 2. The van der Waals surface area contributed by atoms with E-state index in [1.165, 1.54) is 24.3 Å². The fourth-order valence-electron chi connectivity index (χ4n) is 14.7. The molecule has 0 saturated heterocycles. The van der Waals surface area contributed by atoms with Gasteiger partial charge in [0.2, 0.25) is 0 Å². The Labute approximate surface area is 832 Å². The third-order valence-electron chi connectivity index (χ3n) is 23.2. The van der Waals surface area contributed by atoms with Crippen LogP contribution in [0.2, 0.25) is 0 Å². The zero-order chi connectivity index (χ0) is 99.9. The first-order valence-corrected chi connectivity index (χ1v) is 49.5. The van der Waals surface area contributed by atoms with Gasteiger partial charge < -0.3 is 80.0 Å². The number of likely N-dealkylation sites (N-methyl/N-ethyl adjacent to an activating group) is 4. The molecule has 0 fully saturated rings. The van der Waals surface area contributed by atoms with Crippen LogP contribution in [0.1, 0.15) is 183 Å². The number of benzene rings is 7. The van der Waals surface area contributed by atoms with Crippen LogP contribution in [-0.4, -0.2) is 388 Å². The first-order chi connectivity index (χ1) is 67.8. The Balaban J connectivity index is 0.00000139. The number of carbonyl (C=O) groups is 8. The second-order valence-electron chi connectivity index (χ2n) is 33.9. The quantitative estimate of drug-likeness (QED) is 0.0269. The number of hydrogen-bond acceptors (Lipinski definition) is 27. The molecule has 12 bridgehead atoms. The van der Waals surface area contributed by atoms with E-state index in [2.05, 4.69) is 103 Å². The van der Waals surface area contributed by atoms with Crippen LogP contribution in [0.3, 0.4) is 0 Å². The van der Waals surface area contributed by atoms with Crippen molar-refractivity contribution in [1.29, 1.82) is 0 Å². The molecular formula is C107H162N24O9. The molecule has 0 saturated carbocycles. The maximum absolute atomic E-state index is 13.4. The summed E-state index contributed by atoms with van der Waals surface area (Å²) in [4.78, 5) is 140. The number of nitrogens with one attached hydrogen (secondary N) is 9. The minimum Gasteiger partial charge on any atom is -0.478 e. The van der Waals surface area contributed by atoms with Crippen molar-refractivity contribution in [1.82, 2.24) is 82.2 Å². The van der Waals surface area contributed by atoms with Crippen LogP contribution in [0, 0.1) is 0 Å². The molecule has 16 N–H and O–H groups in total. The predicted octanol–water partition coefficient (Wildman–Crippen LogP) is 7.09. The summed E-state index contributed by atoms with van der Waals surface area (Å²) in [5, 5.41) is 37.1. The van der Waals surface area contributed by atoms with Crippen molar-refractivity contribution in [3.8, 4) is 0 Å². The van der Waals surface area contributed by atoms with E-state index in [0.717, 1.165) is 196 Å². The zero-order valence-electron chi connectivity index (χ0n) is 83.3. The Bertz CT molecular complexity index is 4720. The molecule has 0 radical (unpaired) electrons. The SMILES string of the molecule is C.CCCCN1CCCC(=O)c2ccc(cc2)C=NCCN(CCNC)CCN=Cc2ccc(cc2)C(=O)NCCN(CCCC)CCNC(=O)c2ccc(cc2)C=NCCN(CCNC)CCN=Cc2ccc(cc2)C(=O)NCCN(CCNC)CCNC(=O)c2ccc(cc2)C=NCCN(CC)CCNCc2ccc(cc2)C(=O)NCC1.NCCN(CCN)CCN.O=Cc1ccc(C(=O)O)cc1. The molecule has 140 heavy (non-hydrogen) atoms. The van der Waals surface area contributed by atoms with Gasteiger partial charge >= 0.3 is 5.97 Å². The van der Waals surface area contributed by atoms with Gasteiger partial charge in [0.05, 0.1) is 38.3 Å². The number of nitrogens with two attached hydrogens (primary N) is 3. The summed E-state index contributed by atoms with van der Waals surface area (Å²) in [7, 11) is 5.80. The summed E-state index contributed by atoms with van der Waals surface area (Å²) in [6, 6.07) is 51.1. The highest BCUT2D eigenvalue weighted by atomic mass is 16.4. The first kappa shape index (κ1) is 119. The molecule has 33 nitrogen and oxygen atoms in total. The van der Waals surface area contributed by atoms with Crippen molar-refractivity contribution in [2.24, 2.45) is 42.2 Å². The van der Waals surface area contributed by atoms with E-state index in [-0.39, 0.29) is 48.3 Å². The van der Waals surface area contributed by atoms with E-state index in [4.69, 9.17) is 47.3 Å². The molecule has 10 aliphatic rings. The molecule has 0 aliphatic carbocycles. The summed E-state index contributed by atoms with van der Waals surface area (Å²) in [6.07, 6.45) is 15.2. The Hall–Kier alpha value is -11.5. The summed E-state index contributed by atoms with van der Waals surface area (Å²) in [5.41, 5.74) is 26.1. The minimum atomic E-state index is -0.984. The van der Waals surface area contributed by atoms with Crippen LogP contribution in [-0.2, 0) is 6.54 Å². The number of ketones is 1. The molecule has 5 amide bonds. The highest BCUT2D eigenvalue weighted by Crippen LogP contribution is 2.14. The summed E-state index contributed by atoms with van der Waals surface area (Å²) in [6.45, 7) is 34.4. The number of nitrogens with zero attached hydrogens (tertiary/aromatic N) is 12. The number of aromatic carboxylic acids is 1. The second kappa shape index (κ2) is 74.5. The Morgan fingerprint density at radius 2 is 0.664 bits per heavy atom. The Kier molecular flexibility index (Phi) is 63.3. The van der Waals surface area contributed by atoms with Crippen LogP contribution in [0.25, 0.3) is 0 Å². The molecule has 10 heterocycles. The summed E-state index contributed by atoms with van der Waals surface area (Å²) >= 11 is 0. The standard InChI is InChI=1S/C92H134N20O6.C8H6O3.C6H18N4.CH4/c1-7-10-52-108-54-12-13-87(113)81-26-14-75(15-27-81)69-98-43-60-110(55-38-93-4)61-44-99-72-78-20-32-83(33-21-78)89(115)103-48-65-109(53-11-8-2)66-49-104-90(116)84-34-22-79(23-35-84)73-100-45-62-111(56-39-94-5)63-46-101-74-80-24-36-86(37-25-80)92(118)106-51-68-112(57-40-95-6)67-50-105-91(117)85-30-18-77(19-31-85)71-97-42-59-107(9-3)58-41-96-70-76-16-28-82(29-17-76)88(114)102-47-64-108;9-5-6-1-3-7(4-2-6)8(10)11;7-1-4-10(5-2-8)6-3-9;/h14-37,69,71-74,93-96H,7-13,38-68,70H2,1-6H3,(H,102,114)(H,103,115)(H,104,116)(H,105,117)(H,106,118);1-5H,(H,10,11);1-9H2;1H4. The number of carbonyl (C=O) groups excluding carboxylic acids is 7. The van der Waals surface area contributed by atoms with Gasteiger partial charge in [-0.05, 0) is 173 Å². The fraction of sp³-hybridized carbons (Fsp3) is 0.486. The number of carboxylic acids is 1. The van der Waals surface area contributed by atoms with Crippen molar-refractivity contribution in [2.45, 2.75) is 73.3 Å². The number of Topliss-reactive ketones (excluding diaryl/α,β-unsaturated/α-hetero) is 1. The van der Waals surface area contributed by atoms with Crippen molar-refractivity contribution in [3.05, 3.63) is 248 Å². The van der Waals surface area contributed by atoms with Crippen molar-refractivity contribution >= 4 is 78.6 Å². The van der Waals surface area contributed by atoms with Crippen LogP contribution >= 0.6 is 0 Å². The van der Waals surface area contributed by atoms with E-state index in [0.29, 0.717) is 176 Å². The lowest BCUT2D eigenvalue weighted by Crippen LogP contribution is -2.42. The maximum atomic E-state index is 13.4. The molecule has 7 aromatic carbocycles. The lowest BCUT2D eigenvalue weighted by molar-refractivity contribution is 0.0694. The molecule has 764 valence electrons. The third kappa shape index (κ3) is 51.1. The normalized spacial score (nSPS) is 16.2. The highest BCUT2D eigenvalue weighted by Gasteiger charge is 2.18. The predicted molar refractivity (Wildman–Crippen MR) is 573 cm³/mol. The number of aldehydes is 1. The summed E-state index contributed by atoms with van der Waals surface area (Å²) in [5.74, 6) is -1.55. The van der Waals surface area contributed by atoms with Gasteiger partial charge in [0, 0.05) is 273 Å². The van der Waals surface area contributed by atoms with Gasteiger partial charge in [0.1, 0.15) is 6.29 Å². The van der Waals surface area contributed by atoms with Gasteiger partial charge in [-0.2, -0.15) is 0 Å². The first-order valence-electron chi connectivity index (χ1n) is 49.5. The highest BCUT2D eigenvalue weighted by molar-refractivity contribution is 5.99. The van der Waals surface area contributed by atoms with E-state index in [9.17, 15) is 38.4 Å². The number of carboxylic acid groups (broad SMARTS) is 1. The van der Waals surface area contributed by atoms with Crippen molar-refractivity contribution < 1.29 is 43.5 Å². The van der Waals surface area contributed by atoms with Crippen molar-refractivity contribution in [3.63, 3.8) is 0 Å². The molecule has 0 spiro atoms. The molecular weight excluding hydrogens is 1770 g/mol. The summed E-state index contributed by atoms with van der Waals surface area (Å²) < 4.78 is 0. The van der Waals surface area contributed by atoms with Gasteiger partial charge in [0.15, 0.2) is 5.78 Å². The molecule has 0 atom stereocenters. The van der Waals surface area contributed by atoms with Crippen LogP contribution in [0.5, 0.6) is 0 Å². The largest absolute Gasteiger partial charge is 0.478 e. The van der Waals surface area contributed by atoms with Crippen molar-refractivity contribution in [2.75, 3.05) is 270 Å². The number of hydrogen-bond donors (Lipinski definition) is 13. The van der Waals surface area contributed by atoms with Gasteiger partial charge in [-0.25, -0.2) is 4.79 Å². The minimum absolute atomic E-state index is 0. The zero-order valence-corrected chi connectivity index (χ0v) is 83.3. The Morgan fingerprint density at radius 1 is 0.379 bits per heavy atom. The van der Waals surface area contributed by atoms with Crippen LogP contribution < -0.4 is 65.1 Å². The topological polar surface area (TPSA) is 428 Å². The Morgan fingerprint density at radius 3 is 0.957 bits per heavy atom. The second-order valence-corrected chi connectivity index (χ2v) is 33.9. The number of amides is 5. The fourth-order valence-corrected chi connectivity index (χ4v) is 14.7. The van der Waals surface area contributed by atoms with Gasteiger partial charge in [0.25, 0.3) is 29.5 Å². The average molecular weight is 1930 g/mol. The molecule has 7 aromatic rings. The van der Waals surface area contributed by atoms with E-state index in [1.807, 2.05) is 198 Å². The van der Waals surface area contributed by atoms with Crippen LogP contribution in [0.4, 0.5) is 0 Å². The van der Waals surface area contributed by atoms with Gasteiger partial charge in [-0.3, -0.25) is 83.0 Å². The van der Waals surface area contributed by atoms with Crippen LogP contribution in [0.15, 0.2) is 195 Å². The van der Waals surface area contributed by atoms with E-state index < -0.39 is 5.97 Å². The van der Waals surface area contributed by atoms with E-state index in [1.54, 1.807) is 0 Å². The van der Waals surface area contributed by atoms with Gasteiger partial charge in [-0.1, -0.05) is 138 Å². The third-order valence-corrected chi connectivity index (χ3v) is 23.2.